The van der Waals surface area contributed by atoms with Crippen LogP contribution in [0.1, 0.15) is 23.2 Å². The molecule has 16 heavy (non-hydrogen) atoms. The lowest BCUT2D eigenvalue weighted by Gasteiger charge is -2.08. The summed E-state index contributed by atoms with van der Waals surface area (Å²) in [6.45, 7) is 0.711. The maximum absolute atomic E-state index is 11.3. The van der Waals surface area contributed by atoms with E-state index in [0.717, 1.165) is 0 Å². The Bertz CT molecular complexity index is 402. The van der Waals surface area contributed by atoms with Gasteiger partial charge in [0.15, 0.2) is 5.78 Å². The molecule has 0 saturated heterocycles. The molecule has 1 aromatic rings. The minimum Gasteiger partial charge on any atom is -0.492 e. The lowest BCUT2D eigenvalue weighted by Crippen LogP contribution is -2.13. The molecule has 1 aromatic carbocycles. The molecular weight excluding hydrogens is 226 g/mol. The Balaban J connectivity index is 2.05. The van der Waals surface area contributed by atoms with Crippen molar-refractivity contribution in [3.63, 3.8) is 0 Å². The molecule has 1 aliphatic rings. The van der Waals surface area contributed by atoms with Crippen LogP contribution in [0.4, 0.5) is 0 Å². The second-order valence-corrected chi connectivity index (χ2v) is 4.43. The largest absolute Gasteiger partial charge is 0.492 e. The van der Waals surface area contributed by atoms with Gasteiger partial charge in [0, 0.05) is 5.56 Å². The summed E-state index contributed by atoms with van der Waals surface area (Å²) in [5.41, 5.74) is 5.81. The van der Waals surface area contributed by atoms with Crippen LogP contribution in [-0.2, 0) is 0 Å². The summed E-state index contributed by atoms with van der Waals surface area (Å²) in [6, 6.07) is 5.04. The molecule has 0 aliphatic heterocycles. The lowest BCUT2D eigenvalue weighted by atomic mass is 10.1. The molecule has 0 bridgehead atoms. The number of nitrogens with two attached hydrogens (primary N) is 1. The fourth-order valence-electron chi connectivity index (χ4n) is 1.40. The number of hydrogen-bond donors (Lipinski definition) is 1. The Hall–Kier alpha value is -1.06. The number of carbonyl (C=O) groups excluding carboxylic acids is 1. The first-order valence-corrected chi connectivity index (χ1v) is 5.74. The molecule has 0 heterocycles. The van der Waals surface area contributed by atoms with E-state index in [9.17, 15) is 4.79 Å². The van der Waals surface area contributed by atoms with Gasteiger partial charge in [-0.2, -0.15) is 0 Å². The van der Waals surface area contributed by atoms with E-state index in [4.69, 9.17) is 22.1 Å². The van der Waals surface area contributed by atoms with Gasteiger partial charge in [-0.1, -0.05) is 11.6 Å². The average molecular weight is 240 g/mol. The molecular formula is C12H14ClNO2. The summed E-state index contributed by atoms with van der Waals surface area (Å²) in [6.07, 6.45) is 2.47. The average Bonchev–Trinajstić information content (AvgIpc) is 3.10. The molecule has 3 nitrogen and oxygen atoms in total. The van der Waals surface area contributed by atoms with Gasteiger partial charge in [0.05, 0.1) is 18.2 Å². The van der Waals surface area contributed by atoms with Gasteiger partial charge in [-0.25, -0.2) is 0 Å². The van der Waals surface area contributed by atoms with E-state index in [2.05, 4.69) is 0 Å². The fourth-order valence-corrected chi connectivity index (χ4v) is 1.64. The number of benzene rings is 1. The SMILES string of the molecule is NCC(=O)c1ccc(OCC2CC2)c(Cl)c1. The van der Waals surface area contributed by atoms with Gasteiger partial charge in [0.2, 0.25) is 0 Å². The normalized spacial score (nSPS) is 14.9. The summed E-state index contributed by atoms with van der Waals surface area (Å²) in [4.78, 5) is 11.3. The van der Waals surface area contributed by atoms with Crippen LogP contribution in [0, 0.1) is 5.92 Å². The highest BCUT2D eigenvalue weighted by Crippen LogP contribution is 2.32. The first-order chi connectivity index (χ1) is 7.70. The molecule has 1 saturated carbocycles. The predicted octanol–water partition coefficient (Wildman–Crippen LogP) is 2.27. The first kappa shape index (κ1) is 11.4. The van der Waals surface area contributed by atoms with Gasteiger partial charge in [-0.15, -0.1) is 0 Å². The number of Topliss-reactive ketones (excluding diaryl/α,β-unsaturated/α-hetero) is 1. The first-order valence-electron chi connectivity index (χ1n) is 5.36. The topological polar surface area (TPSA) is 52.3 Å². The second-order valence-electron chi connectivity index (χ2n) is 4.03. The highest BCUT2D eigenvalue weighted by molar-refractivity contribution is 6.32. The van der Waals surface area contributed by atoms with Gasteiger partial charge >= 0.3 is 0 Å². The molecule has 2 N–H and O–H groups in total. The van der Waals surface area contributed by atoms with Crippen LogP contribution in [0.3, 0.4) is 0 Å². The van der Waals surface area contributed by atoms with Crippen LogP contribution >= 0.6 is 11.6 Å². The van der Waals surface area contributed by atoms with Crippen LogP contribution in [0.15, 0.2) is 18.2 Å². The zero-order valence-electron chi connectivity index (χ0n) is 8.91. The van der Waals surface area contributed by atoms with E-state index in [1.807, 2.05) is 0 Å². The number of hydrogen-bond acceptors (Lipinski definition) is 3. The second kappa shape index (κ2) is 4.85. The van der Waals surface area contributed by atoms with Crippen LogP contribution in [-0.4, -0.2) is 18.9 Å². The van der Waals surface area contributed by atoms with E-state index in [1.165, 1.54) is 12.8 Å². The van der Waals surface area contributed by atoms with Crippen LogP contribution in [0.25, 0.3) is 0 Å². The molecule has 1 fully saturated rings. The van der Waals surface area contributed by atoms with E-state index >= 15 is 0 Å². The monoisotopic (exact) mass is 239 g/mol. The van der Waals surface area contributed by atoms with Crippen molar-refractivity contribution in [2.24, 2.45) is 11.7 Å². The summed E-state index contributed by atoms with van der Waals surface area (Å²) in [5.74, 6) is 1.21. The zero-order chi connectivity index (χ0) is 11.5. The standard InChI is InChI=1S/C12H14ClNO2/c13-10-5-9(11(15)6-14)3-4-12(10)16-7-8-1-2-8/h3-5,8H,1-2,6-7,14H2. The summed E-state index contributed by atoms with van der Waals surface area (Å²) in [7, 11) is 0. The van der Waals surface area contributed by atoms with Crippen molar-refractivity contribution in [2.45, 2.75) is 12.8 Å². The lowest BCUT2D eigenvalue weighted by molar-refractivity contribution is 0.100. The van der Waals surface area contributed by atoms with E-state index in [0.29, 0.717) is 28.9 Å². The number of rotatable bonds is 5. The van der Waals surface area contributed by atoms with Crippen LogP contribution < -0.4 is 10.5 Å². The maximum Gasteiger partial charge on any atom is 0.176 e. The summed E-state index contributed by atoms with van der Waals surface area (Å²) in [5, 5.41) is 0.472. The molecule has 2 rings (SSSR count). The third kappa shape index (κ3) is 2.74. The predicted molar refractivity (Wildman–Crippen MR) is 63.1 cm³/mol. The molecule has 0 amide bonds. The van der Waals surface area contributed by atoms with Crippen molar-refractivity contribution in [1.29, 1.82) is 0 Å². The van der Waals surface area contributed by atoms with Crippen molar-refractivity contribution in [3.05, 3.63) is 28.8 Å². The van der Waals surface area contributed by atoms with Gasteiger partial charge in [0.25, 0.3) is 0 Å². The third-order valence-electron chi connectivity index (χ3n) is 2.61. The van der Waals surface area contributed by atoms with Crippen LogP contribution in [0.2, 0.25) is 5.02 Å². The van der Waals surface area contributed by atoms with Crippen molar-refractivity contribution in [1.82, 2.24) is 0 Å². The van der Waals surface area contributed by atoms with E-state index < -0.39 is 0 Å². The number of halogens is 1. The van der Waals surface area contributed by atoms with Gasteiger partial charge in [-0.3, -0.25) is 4.79 Å². The number of ketones is 1. The van der Waals surface area contributed by atoms with Crippen LogP contribution in [0.5, 0.6) is 5.75 Å². The summed E-state index contributed by atoms with van der Waals surface area (Å²) >= 11 is 6.02. The number of carbonyl (C=O) groups is 1. The maximum atomic E-state index is 11.3. The molecule has 1 aliphatic carbocycles. The van der Waals surface area contributed by atoms with Gasteiger partial charge in [-0.05, 0) is 37.0 Å². The molecule has 0 unspecified atom stereocenters. The van der Waals surface area contributed by atoms with Gasteiger partial charge < -0.3 is 10.5 Å². The Morgan fingerprint density at radius 1 is 1.50 bits per heavy atom. The van der Waals surface area contributed by atoms with Crippen molar-refractivity contribution in [2.75, 3.05) is 13.2 Å². The molecule has 86 valence electrons. The smallest absolute Gasteiger partial charge is 0.176 e. The minimum absolute atomic E-state index is 0.00138. The van der Waals surface area contributed by atoms with Crippen molar-refractivity contribution in [3.8, 4) is 5.75 Å². The fraction of sp³-hybridized carbons (Fsp3) is 0.417. The Kier molecular flexibility index (Phi) is 3.46. The van der Waals surface area contributed by atoms with Gasteiger partial charge in [0.1, 0.15) is 5.75 Å². The minimum atomic E-state index is -0.115. The highest BCUT2D eigenvalue weighted by Gasteiger charge is 2.22. The van der Waals surface area contributed by atoms with E-state index in [1.54, 1.807) is 18.2 Å². The third-order valence-corrected chi connectivity index (χ3v) is 2.91. The molecule has 4 heteroatoms. The molecule has 0 aromatic heterocycles. The number of ether oxygens (including phenoxy) is 1. The van der Waals surface area contributed by atoms with E-state index in [-0.39, 0.29) is 12.3 Å². The van der Waals surface area contributed by atoms with Crippen molar-refractivity contribution >= 4 is 17.4 Å². The summed E-state index contributed by atoms with van der Waals surface area (Å²) < 4.78 is 5.55. The van der Waals surface area contributed by atoms with Crippen molar-refractivity contribution < 1.29 is 9.53 Å². The highest BCUT2D eigenvalue weighted by atomic mass is 35.5. The Morgan fingerprint density at radius 2 is 2.25 bits per heavy atom. The zero-order valence-corrected chi connectivity index (χ0v) is 9.67. The Morgan fingerprint density at radius 3 is 2.81 bits per heavy atom. The molecule has 0 spiro atoms. The molecule has 0 radical (unpaired) electrons. The quantitative estimate of drug-likeness (QED) is 0.802. The Labute approximate surface area is 99.5 Å². The molecule has 0 atom stereocenters.